The lowest BCUT2D eigenvalue weighted by Gasteiger charge is -2.50. The van der Waals surface area contributed by atoms with E-state index >= 15 is 0 Å². The number of hydrogen-bond donors (Lipinski definition) is 1. The van der Waals surface area contributed by atoms with E-state index in [1.165, 1.54) is 55.1 Å². The van der Waals surface area contributed by atoms with Crippen molar-refractivity contribution in [1.29, 1.82) is 0 Å². The number of quaternary nitrogens is 1. The van der Waals surface area contributed by atoms with Gasteiger partial charge >= 0.3 is 0 Å². The second kappa shape index (κ2) is 6.14. The van der Waals surface area contributed by atoms with Crippen LogP contribution in [0.4, 0.5) is 0 Å². The van der Waals surface area contributed by atoms with Gasteiger partial charge < -0.3 is 13.8 Å². The van der Waals surface area contributed by atoms with Crippen molar-refractivity contribution in [2.75, 3.05) is 52.4 Å². The zero-order valence-corrected chi connectivity index (χ0v) is 14.6. The van der Waals surface area contributed by atoms with Crippen molar-refractivity contribution in [1.82, 2.24) is 4.90 Å². The molecular weight excluding hydrogens is 332 g/mol. The van der Waals surface area contributed by atoms with Crippen LogP contribution in [-0.2, 0) is 11.1 Å². The minimum Gasteiger partial charge on any atom is -0.488 e. The Hall–Kier alpha value is -0.990. The Morgan fingerprint density at radius 2 is 1.96 bits per heavy atom. The first-order valence-electron chi connectivity index (χ1n) is 7.98. The van der Waals surface area contributed by atoms with E-state index in [1.54, 1.807) is 6.07 Å². The zero-order chi connectivity index (χ0) is 15.9. The summed E-state index contributed by atoms with van der Waals surface area (Å²) in [5.74, 6) is 0.847. The fraction of sp³-hybridized carbons (Fsp3) is 0.500. The molecule has 5 rings (SSSR count). The molecule has 2 aromatic rings. The molecule has 1 N–H and O–H groups in total. The highest BCUT2D eigenvalue weighted by Gasteiger charge is 2.37. The van der Waals surface area contributed by atoms with Gasteiger partial charge in [0.05, 0.1) is 19.6 Å². The predicted octanol–water partition coefficient (Wildman–Crippen LogP) is 2.01. The lowest BCUT2D eigenvalue weighted by atomic mass is 10.1. The Bertz CT molecular complexity index is 724. The van der Waals surface area contributed by atoms with Crippen LogP contribution < -0.4 is 4.74 Å². The van der Waals surface area contributed by atoms with Crippen LogP contribution >= 0.6 is 11.3 Å². The Balaban J connectivity index is 1.40. The average Bonchev–Trinajstić information content (AvgIpc) is 3.00. The van der Waals surface area contributed by atoms with Crippen LogP contribution in [0, 0.1) is 0 Å². The maximum Gasteiger partial charge on any atom is 0.196 e. The van der Waals surface area contributed by atoms with E-state index in [9.17, 15) is 8.76 Å². The number of ether oxygens (including phenoxy) is 1. The van der Waals surface area contributed by atoms with Crippen LogP contribution in [-0.4, -0.2) is 70.6 Å². The Morgan fingerprint density at radius 1 is 1.22 bits per heavy atom. The molecule has 3 aliphatic rings. The molecule has 0 aliphatic carbocycles. The van der Waals surface area contributed by atoms with Crippen molar-refractivity contribution < 1.29 is 18.0 Å². The van der Waals surface area contributed by atoms with E-state index in [2.05, 4.69) is 4.90 Å². The number of benzene rings is 1. The SMILES string of the molecule is O=S(O)c1cc2cc(OCC[N+]34CCN(CC3)CC4)ccc2s1. The third-order valence-corrected chi connectivity index (χ3v) is 7.19. The largest absolute Gasteiger partial charge is 0.488 e. The maximum atomic E-state index is 11.2. The Labute approximate surface area is 142 Å². The van der Waals surface area contributed by atoms with Crippen molar-refractivity contribution in [3.05, 3.63) is 24.3 Å². The number of hydrogen-bond acceptors (Lipinski definition) is 4. The summed E-state index contributed by atoms with van der Waals surface area (Å²) in [4.78, 5) is 2.55. The van der Waals surface area contributed by atoms with Crippen LogP contribution in [0.2, 0.25) is 0 Å². The molecule has 5 nitrogen and oxygen atoms in total. The summed E-state index contributed by atoms with van der Waals surface area (Å²) in [5, 5.41) is 0.975. The van der Waals surface area contributed by atoms with E-state index in [1.807, 2.05) is 18.2 Å². The van der Waals surface area contributed by atoms with Gasteiger partial charge in [-0.25, -0.2) is 4.21 Å². The zero-order valence-electron chi connectivity index (χ0n) is 12.9. The van der Waals surface area contributed by atoms with E-state index < -0.39 is 11.1 Å². The lowest BCUT2D eigenvalue weighted by Crippen LogP contribution is -2.68. The van der Waals surface area contributed by atoms with Crippen molar-refractivity contribution in [3.63, 3.8) is 0 Å². The molecule has 3 fully saturated rings. The summed E-state index contributed by atoms with van der Waals surface area (Å²) in [6, 6.07) is 7.67. The molecule has 1 aromatic heterocycles. The molecule has 0 saturated carbocycles. The van der Waals surface area contributed by atoms with Crippen molar-refractivity contribution >= 4 is 32.5 Å². The van der Waals surface area contributed by atoms with Crippen LogP contribution in [0.1, 0.15) is 0 Å². The number of fused-ring (bicyclic) bond motifs is 4. The second-order valence-electron chi connectivity index (χ2n) is 6.44. The van der Waals surface area contributed by atoms with Crippen LogP contribution in [0.25, 0.3) is 10.1 Å². The van der Waals surface area contributed by atoms with Gasteiger partial charge in [0.15, 0.2) is 11.1 Å². The van der Waals surface area contributed by atoms with Crippen molar-refractivity contribution in [2.24, 2.45) is 0 Å². The van der Waals surface area contributed by atoms with Gasteiger partial charge in [-0.3, -0.25) is 4.90 Å². The first-order chi connectivity index (χ1) is 11.1. The van der Waals surface area contributed by atoms with Gasteiger partial charge in [0.25, 0.3) is 0 Å². The molecule has 3 aliphatic heterocycles. The highest BCUT2D eigenvalue weighted by molar-refractivity contribution is 7.82. The summed E-state index contributed by atoms with van der Waals surface area (Å²) in [7, 11) is 0. The molecule has 7 heteroatoms. The summed E-state index contributed by atoms with van der Waals surface area (Å²) < 4.78 is 29.0. The van der Waals surface area contributed by atoms with Gasteiger partial charge in [-0.2, -0.15) is 0 Å². The molecule has 0 radical (unpaired) electrons. The standard InChI is InChI=1S/C16H20N2O3S2/c19-23(20)16-12-13-11-14(1-2-15(13)22-16)21-10-9-18-6-3-17(4-7-18)5-8-18/h1-2,11-12H,3-10H2/p+1. The number of nitrogens with zero attached hydrogens (tertiary/aromatic N) is 2. The summed E-state index contributed by atoms with van der Waals surface area (Å²) >= 11 is -0.553. The van der Waals surface area contributed by atoms with Crippen LogP contribution in [0.15, 0.2) is 28.5 Å². The van der Waals surface area contributed by atoms with Crippen LogP contribution in [0.5, 0.6) is 5.75 Å². The minimum atomic E-state index is -1.91. The maximum absolute atomic E-state index is 11.2. The molecule has 2 bridgehead atoms. The quantitative estimate of drug-likeness (QED) is 0.660. The fourth-order valence-electron chi connectivity index (χ4n) is 3.60. The predicted molar refractivity (Wildman–Crippen MR) is 92.5 cm³/mol. The highest BCUT2D eigenvalue weighted by atomic mass is 32.2. The van der Waals surface area contributed by atoms with Crippen LogP contribution in [0.3, 0.4) is 0 Å². The molecular formula is C16H21N2O3S2+. The number of thiophene rings is 1. The Morgan fingerprint density at radius 3 is 2.65 bits per heavy atom. The van der Waals surface area contributed by atoms with E-state index in [-0.39, 0.29) is 0 Å². The molecule has 4 heterocycles. The third-order valence-electron chi connectivity index (χ3n) is 5.14. The van der Waals surface area contributed by atoms with Gasteiger partial charge in [-0.1, -0.05) is 0 Å². The van der Waals surface area contributed by atoms with Crippen molar-refractivity contribution in [3.8, 4) is 5.75 Å². The van der Waals surface area contributed by atoms with Gasteiger partial charge in [0.1, 0.15) is 23.1 Å². The van der Waals surface area contributed by atoms with Crippen molar-refractivity contribution in [2.45, 2.75) is 4.21 Å². The molecule has 1 aromatic carbocycles. The third kappa shape index (κ3) is 3.16. The van der Waals surface area contributed by atoms with Gasteiger partial charge in [0, 0.05) is 24.3 Å². The topological polar surface area (TPSA) is 49.8 Å². The second-order valence-corrected chi connectivity index (χ2v) is 8.72. The first-order valence-corrected chi connectivity index (χ1v) is 9.91. The van der Waals surface area contributed by atoms with E-state index in [0.29, 0.717) is 4.21 Å². The summed E-state index contributed by atoms with van der Waals surface area (Å²) in [6.45, 7) is 9.22. The Kier molecular flexibility index (Phi) is 4.15. The molecule has 23 heavy (non-hydrogen) atoms. The minimum absolute atomic E-state index is 0.488. The fourth-order valence-corrected chi connectivity index (χ4v) is 5.15. The van der Waals surface area contributed by atoms with Gasteiger partial charge in [-0.05, 0) is 29.7 Å². The van der Waals surface area contributed by atoms with Gasteiger partial charge in [-0.15, -0.1) is 11.3 Å². The molecule has 1 atom stereocenters. The summed E-state index contributed by atoms with van der Waals surface area (Å²) in [6.07, 6.45) is 0. The average molecular weight is 353 g/mol. The molecule has 0 spiro atoms. The highest BCUT2D eigenvalue weighted by Crippen LogP contribution is 2.30. The smallest absolute Gasteiger partial charge is 0.196 e. The molecule has 3 saturated heterocycles. The van der Waals surface area contributed by atoms with Gasteiger partial charge in [0.2, 0.25) is 0 Å². The monoisotopic (exact) mass is 353 g/mol. The normalized spacial score (nSPS) is 28.1. The number of piperazine rings is 3. The molecule has 1 unspecified atom stereocenters. The van der Waals surface area contributed by atoms with E-state index in [0.717, 1.165) is 29.0 Å². The summed E-state index contributed by atoms with van der Waals surface area (Å²) in [5.41, 5.74) is 0. The number of rotatable bonds is 5. The molecule has 0 amide bonds. The molecule has 124 valence electrons. The lowest BCUT2D eigenvalue weighted by molar-refractivity contribution is -0.940. The van der Waals surface area contributed by atoms with E-state index in [4.69, 9.17) is 4.74 Å². The first kappa shape index (κ1) is 15.5.